The van der Waals surface area contributed by atoms with Gasteiger partial charge < -0.3 is 43.9 Å². The van der Waals surface area contributed by atoms with E-state index in [0.717, 1.165) is 12.0 Å². The van der Waals surface area contributed by atoms with Crippen molar-refractivity contribution in [3.8, 4) is 0 Å². The SMILES string of the molecule is CO[C@H]1C[C@@H]2CC[C@@H](C)[C@@](O)(O2)C(=O)C(=O)N2CCCCC2C(=O)O[C@H]([C@H](C)C[C@@H]2CC[C@@H](O)[C@H](OC)C2)CC(=O)[C@H](C)/C=C(\C)[C@@H](O)[C@@H](OC)C(=O)[C@H](C)C[C@H](C)/C=C/C=CC=C1C. The fraction of sp³-hybridized carbons (Fsp3) is 0.745. The lowest BCUT2D eigenvalue weighted by Gasteiger charge is -2.42. The normalized spacial score (nSPS) is 39.1. The van der Waals surface area contributed by atoms with Gasteiger partial charge in [0, 0.05) is 58.5 Å². The van der Waals surface area contributed by atoms with Gasteiger partial charge in [-0.1, -0.05) is 71.1 Å². The molecule has 3 aliphatic heterocycles. The highest BCUT2D eigenvalue weighted by Gasteiger charge is 2.53. The zero-order valence-electron chi connectivity index (χ0n) is 40.6. The Labute approximate surface area is 387 Å². The first-order valence-electron chi connectivity index (χ1n) is 23.9. The summed E-state index contributed by atoms with van der Waals surface area (Å²) in [5.74, 6) is -7.96. The van der Waals surface area contributed by atoms with Crippen LogP contribution < -0.4 is 0 Å². The first-order chi connectivity index (χ1) is 30.7. The lowest BCUT2D eigenvalue weighted by Crippen LogP contribution is -2.61. The predicted octanol–water partition coefficient (Wildman–Crippen LogP) is 6.18. The van der Waals surface area contributed by atoms with Gasteiger partial charge in [-0.25, -0.2) is 4.79 Å². The van der Waals surface area contributed by atoms with Gasteiger partial charge >= 0.3 is 5.97 Å². The van der Waals surface area contributed by atoms with Crippen molar-refractivity contribution in [3.05, 3.63) is 47.6 Å². The van der Waals surface area contributed by atoms with Crippen LogP contribution in [0.3, 0.4) is 0 Å². The number of fused-ring (bicyclic) bond motifs is 3. The number of piperidine rings is 1. The van der Waals surface area contributed by atoms with E-state index in [2.05, 4.69) is 0 Å². The van der Waals surface area contributed by atoms with Crippen molar-refractivity contribution < 1.29 is 63.0 Å². The summed E-state index contributed by atoms with van der Waals surface area (Å²) in [6.45, 7) is 12.7. The second-order valence-corrected chi connectivity index (χ2v) is 19.6. The first-order valence-corrected chi connectivity index (χ1v) is 23.9. The molecule has 2 bridgehead atoms. The van der Waals surface area contributed by atoms with E-state index < -0.39 is 83.9 Å². The zero-order valence-corrected chi connectivity index (χ0v) is 40.6. The molecular formula is C51H79NO13. The van der Waals surface area contributed by atoms with Crippen molar-refractivity contribution in [3.63, 3.8) is 0 Å². The molecule has 14 nitrogen and oxygen atoms in total. The molecule has 3 fully saturated rings. The van der Waals surface area contributed by atoms with Crippen molar-refractivity contribution in [1.29, 1.82) is 0 Å². The van der Waals surface area contributed by atoms with E-state index in [1.165, 1.54) is 12.0 Å². The number of carbonyl (C=O) groups is 5. The molecule has 1 amide bonds. The lowest BCUT2D eigenvalue weighted by atomic mass is 9.78. The number of aliphatic hydroxyl groups is 3. The number of Topliss-reactive ketones (excluding diaryl/α,β-unsaturated/α-hetero) is 3. The summed E-state index contributed by atoms with van der Waals surface area (Å²) >= 11 is 0. The maximum absolute atomic E-state index is 14.4. The maximum Gasteiger partial charge on any atom is 0.329 e. The van der Waals surface area contributed by atoms with E-state index in [9.17, 15) is 39.3 Å². The van der Waals surface area contributed by atoms with Crippen LogP contribution in [0, 0.1) is 35.5 Å². The van der Waals surface area contributed by atoms with Gasteiger partial charge in [-0.2, -0.15) is 0 Å². The Hall–Kier alpha value is -3.37. The number of esters is 1. The average molecular weight is 914 g/mol. The minimum atomic E-state index is -2.43. The van der Waals surface area contributed by atoms with Crippen molar-refractivity contribution in [2.24, 2.45) is 35.5 Å². The number of carbonyl (C=O) groups excluding carboxylic acids is 5. The molecule has 14 heteroatoms. The van der Waals surface area contributed by atoms with Crippen molar-refractivity contribution in [1.82, 2.24) is 4.90 Å². The van der Waals surface area contributed by atoms with Crippen molar-refractivity contribution in [2.75, 3.05) is 27.9 Å². The zero-order chi connectivity index (χ0) is 48.2. The molecular weight excluding hydrogens is 835 g/mol. The maximum atomic E-state index is 14.4. The molecule has 0 aromatic heterocycles. The van der Waals surface area contributed by atoms with Crippen LogP contribution in [0.1, 0.15) is 126 Å². The first kappa shape index (κ1) is 54.2. The number of allylic oxidation sites excluding steroid dienone is 6. The molecule has 65 heavy (non-hydrogen) atoms. The van der Waals surface area contributed by atoms with Crippen LogP contribution in [0.15, 0.2) is 47.6 Å². The van der Waals surface area contributed by atoms with Crippen LogP contribution in [0.25, 0.3) is 0 Å². The van der Waals surface area contributed by atoms with Crippen LogP contribution in [0.2, 0.25) is 0 Å². The summed E-state index contributed by atoms with van der Waals surface area (Å²) in [6, 6.07) is -1.14. The molecule has 4 rings (SSSR count). The van der Waals surface area contributed by atoms with E-state index in [1.807, 2.05) is 58.1 Å². The molecule has 0 spiro atoms. The Balaban J connectivity index is 1.70. The quantitative estimate of drug-likeness (QED) is 0.156. The third kappa shape index (κ3) is 14.3. The fourth-order valence-electron chi connectivity index (χ4n) is 10.1. The van der Waals surface area contributed by atoms with Crippen molar-refractivity contribution in [2.45, 2.75) is 180 Å². The number of ketones is 3. The minimum absolute atomic E-state index is 0.0193. The Morgan fingerprint density at radius 2 is 1.57 bits per heavy atom. The second kappa shape index (κ2) is 25.1. The minimum Gasteiger partial charge on any atom is -0.460 e. The van der Waals surface area contributed by atoms with Crippen LogP contribution in [0.5, 0.6) is 0 Å². The van der Waals surface area contributed by atoms with E-state index in [1.54, 1.807) is 41.1 Å². The largest absolute Gasteiger partial charge is 0.460 e. The third-order valence-corrected chi connectivity index (χ3v) is 14.5. The molecule has 3 heterocycles. The molecule has 3 N–H and O–H groups in total. The summed E-state index contributed by atoms with van der Waals surface area (Å²) in [4.78, 5) is 71.8. The molecule has 1 saturated carbocycles. The van der Waals surface area contributed by atoms with Crippen LogP contribution >= 0.6 is 0 Å². The van der Waals surface area contributed by atoms with Crippen molar-refractivity contribution >= 4 is 29.2 Å². The number of hydrogen-bond acceptors (Lipinski definition) is 13. The summed E-state index contributed by atoms with van der Waals surface area (Å²) < 4.78 is 29.4. The van der Waals surface area contributed by atoms with E-state index >= 15 is 0 Å². The molecule has 1 aliphatic carbocycles. The molecule has 15 atom stereocenters. The van der Waals surface area contributed by atoms with Crippen LogP contribution in [-0.4, -0.2) is 132 Å². The predicted molar refractivity (Wildman–Crippen MR) is 245 cm³/mol. The number of aliphatic hydroxyl groups excluding tert-OH is 2. The molecule has 2 saturated heterocycles. The van der Waals surface area contributed by atoms with Gasteiger partial charge in [0.25, 0.3) is 11.7 Å². The summed E-state index contributed by atoms with van der Waals surface area (Å²) in [6.07, 6.45) is 11.2. The van der Waals surface area contributed by atoms with E-state index in [4.69, 9.17) is 23.7 Å². The monoisotopic (exact) mass is 914 g/mol. The van der Waals surface area contributed by atoms with Gasteiger partial charge in [-0.15, -0.1) is 0 Å². The topological polar surface area (TPSA) is 195 Å². The highest BCUT2D eigenvalue weighted by Crippen LogP contribution is 2.38. The number of cyclic esters (lactones) is 1. The molecule has 4 aliphatic rings. The molecule has 0 aromatic carbocycles. The average Bonchev–Trinajstić information content (AvgIpc) is 3.28. The number of methoxy groups -OCH3 is 3. The van der Waals surface area contributed by atoms with Gasteiger partial charge in [-0.3, -0.25) is 19.2 Å². The third-order valence-electron chi connectivity index (χ3n) is 14.5. The van der Waals surface area contributed by atoms with Crippen LogP contribution in [-0.2, 0) is 47.7 Å². The smallest absolute Gasteiger partial charge is 0.329 e. The van der Waals surface area contributed by atoms with E-state index in [-0.39, 0.29) is 54.8 Å². The summed E-state index contributed by atoms with van der Waals surface area (Å²) in [5.41, 5.74) is 1.27. The van der Waals surface area contributed by atoms with Gasteiger partial charge in [0.15, 0.2) is 5.78 Å². The Morgan fingerprint density at radius 1 is 0.846 bits per heavy atom. The van der Waals surface area contributed by atoms with Gasteiger partial charge in [0.2, 0.25) is 5.79 Å². The molecule has 366 valence electrons. The fourth-order valence-corrected chi connectivity index (χ4v) is 10.1. The Bertz CT molecular complexity index is 1760. The number of ether oxygens (including phenoxy) is 5. The Kier molecular flexibility index (Phi) is 21.0. The highest BCUT2D eigenvalue weighted by molar-refractivity contribution is 6.39. The number of amides is 1. The summed E-state index contributed by atoms with van der Waals surface area (Å²) in [7, 11) is 4.52. The van der Waals surface area contributed by atoms with Crippen LogP contribution in [0.4, 0.5) is 0 Å². The van der Waals surface area contributed by atoms with E-state index in [0.29, 0.717) is 63.4 Å². The molecule has 0 radical (unpaired) electrons. The number of nitrogens with zero attached hydrogens (tertiary/aromatic N) is 1. The lowest BCUT2D eigenvalue weighted by molar-refractivity contribution is -0.265. The number of rotatable bonds is 6. The molecule has 0 aromatic rings. The van der Waals surface area contributed by atoms with Gasteiger partial charge in [0.05, 0.1) is 24.4 Å². The number of hydrogen-bond donors (Lipinski definition) is 3. The van der Waals surface area contributed by atoms with Gasteiger partial charge in [-0.05, 0) is 107 Å². The summed E-state index contributed by atoms with van der Waals surface area (Å²) in [5, 5.41) is 33.8. The van der Waals surface area contributed by atoms with Gasteiger partial charge in [0.1, 0.15) is 30.1 Å². The standard InChI is InChI=1S/C51H79NO13/c1-30-16-12-11-13-17-31(2)42(61-8)28-38-21-19-36(7)51(60,65-38)48(57)49(58)52-23-15-14-18-39(52)50(59)64-43(33(4)26-37-20-22-40(53)44(27-37)62-9)29-41(54)32(3)25-35(6)46(56)47(63-10)45(55)34(5)24-30/h11-13,16-17,25,30,32-34,36-40,42-44,46-47,53,56,60H,14-15,18-24,26-29H2,1-10H3/b13-11?,16-12+,31-17?,35-25+/t30-,32-,33-,34-,36-,37+,38+,39?,40-,42+,43+,44-,46-,47+,51-/m1/s1. The highest BCUT2D eigenvalue weighted by atomic mass is 16.6. The second-order valence-electron chi connectivity index (χ2n) is 19.6. The Morgan fingerprint density at radius 3 is 2.25 bits per heavy atom. The molecule has 1 unspecified atom stereocenters.